The summed E-state index contributed by atoms with van der Waals surface area (Å²) in [5.74, 6) is 1.20. The third kappa shape index (κ3) is 3.31. The van der Waals surface area contributed by atoms with Crippen LogP contribution < -0.4 is 0 Å². The van der Waals surface area contributed by atoms with Crippen LogP contribution in [0.5, 0.6) is 0 Å². The Morgan fingerprint density at radius 3 is 2.88 bits per heavy atom. The molecule has 3 fully saturated rings. The van der Waals surface area contributed by atoms with Crippen molar-refractivity contribution in [3.05, 3.63) is 18.0 Å². The lowest BCUT2D eigenvalue weighted by atomic mass is 9.77. The molecule has 2 aliphatic heterocycles. The van der Waals surface area contributed by atoms with Crippen LogP contribution in [0.1, 0.15) is 50.5 Å². The predicted molar refractivity (Wildman–Crippen MR) is 93.7 cm³/mol. The van der Waals surface area contributed by atoms with Crippen LogP contribution in [0.25, 0.3) is 0 Å². The number of carbonyl (C=O) groups is 2. The van der Waals surface area contributed by atoms with Gasteiger partial charge in [-0.2, -0.15) is 5.10 Å². The monoisotopic (exact) mass is 344 g/mol. The Kier molecular flexibility index (Phi) is 4.52. The normalized spacial score (nSPS) is 27.1. The molecule has 3 aliphatic rings. The van der Waals surface area contributed by atoms with E-state index in [1.54, 1.807) is 6.20 Å². The van der Waals surface area contributed by atoms with Crippen molar-refractivity contribution in [3.8, 4) is 0 Å². The zero-order valence-corrected chi connectivity index (χ0v) is 14.9. The Bertz CT molecular complexity index is 625. The van der Waals surface area contributed by atoms with Crippen LogP contribution in [0, 0.1) is 11.3 Å². The fourth-order valence-electron chi connectivity index (χ4n) is 4.60. The van der Waals surface area contributed by atoms with Gasteiger partial charge in [-0.15, -0.1) is 0 Å². The molecular weight excluding hydrogens is 316 g/mol. The van der Waals surface area contributed by atoms with Gasteiger partial charge < -0.3 is 9.80 Å². The Hall–Kier alpha value is -1.85. The zero-order valence-electron chi connectivity index (χ0n) is 14.9. The van der Waals surface area contributed by atoms with Gasteiger partial charge in [0.2, 0.25) is 11.8 Å². The average Bonchev–Trinajstić information content (AvgIpc) is 3.23. The van der Waals surface area contributed by atoms with Crippen molar-refractivity contribution in [2.45, 2.75) is 51.4 Å². The van der Waals surface area contributed by atoms with Crippen molar-refractivity contribution in [1.29, 1.82) is 0 Å². The summed E-state index contributed by atoms with van der Waals surface area (Å²) in [4.78, 5) is 29.7. The van der Waals surface area contributed by atoms with Crippen LogP contribution in [0.15, 0.2) is 12.4 Å². The average molecular weight is 344 g/mol. The summed E-state index contributed by atoms with van der Waals surface area (Å²) >= 11 is 0. The number of H-pyrrole nitrogens is 1. The van der Waals surface area contributed by atoms with Crippen LogP contribution in [0.4, 0.5) is 0 Å². The Morgan fingerprint density at radius 1 is 1.28 bits per heavy atom. The van der Waals surface area contributed by atoms with E-state index in [1.807, 2.05) is 11.1 Å². The van der Waals surface area contributed by atoms with Gasteiger partial charge in [0.05, 0.1) is 11.6 Å². The molecule has 0 aromatic carbocycles. The number of aryl methyl sites for hydroxylation is 1. The third-order valence-corrected chi connectivity index (χ3v) is 6.42. The number of hydrogen-bond donors (Lipinski definition) is 1. The standard InChI is InChI=1S/C19H28N4O2/c24-17(6-5-16-11-20-21-12-16)23-10-8-19(14-23)7-2-9-22(18(19)25)13-15-3-1-4-15/h11-12,15H,1-10,13-14H2,(H,20,21)/t19-/m0/s1. The highest BCUT2D eigenvalue weighted by atomic mass is 16.2. The summed E-state index contributed by atoms with van der Waals surface area (Å²) in [7, 11) is 0. The summed E-state index contributed by atoms with van der Waals surface area (Å²) < 4.78 is 0. The molecule has 1 saturated carbocycles. The zero-order chi connectivity index (χ0) is 17.3. The van der Waals surface area contributed by atoms with E-state index in [9.17, 15) is 9.59 Å². The number of aromatic amines is 1. The van der Waals surface area contributed by atoms with E-state index >= 15 is 0 Å². The van der Waals surface area contributed by atoms with Crippen molar-refractivity contribution >= 4 is 11.8 Å². The molecule has 0 bridgehead atoms. The lowest BCUT2D eigenvalue weighted by molar-refractivity contribution is -0.147. The molecule has 0 unspecified atom stereocenters. The van der Waals surface area contributed by atoms with Gasteiger partial charge in [-0.1, -0.05) is 6.42 Å². The maximum absolute atomic E-state index is 13.1. The summed E-state index contributed by atoms with van der Waals surface area (Å²) in [5, 5.41) is 6.70. The van der Waals surface area contributed by atoms with Crippen LogP contribution >= 0.6 is 0 Å². The van der Waals surface area contributed by atoms with Crippen molar-refractivity contribution in [2.24, 2.45) is 11.3 Å². The molecule has 6 heteroatoms. The number of piperidine rings is 1. The van der Waals surface area contributed by atoms with Gasteiger partial charge in [-0.05, 0) is 50.0 Å². The second-order valence-corrected chi connectivity index (χ2v) is 8.10. The van der Waals surface area contributed by atoms with E-state index in [0.29, 0.717) is 31.2 Å². The van der Waals surface area contributed by atoms with Gasteiger partial charge >= 0.3 is 0 Å². The molecule has 1 aromatic rings. The molecule has 1 spiro atoms. The van der Waals surface area contributed by atoms with Crippen LogP contribution in [-0.2, 0) is 16.0 Å². The van der Waals surface area contributed by atoms with Gasteiger partial charge in [0, 0.05) is 38.8 Å². The van der Waals surface area contributed by atoms with Gasteiger partial charge in [-0.3, -0.25) is 14.7 Å². The maximum atomic E-state index is 13.1. The minimum absolute atomic E-state index is 0.169. The topological polar surface area (TPSA) is 69.3 Å². The molecule has 3 heterocycles. The number of carbonyl (C=O) groups excluding carboxylic acids is 2. The Morgan fingerprint density at radius 2 is 2.16 bits per heavy atom. The number of nitrogens with zero attached hydrogens (tertiary/aromatic N) is 3. The number of amides is 2. The van der Waals surface area contributed by atoms with E-state index < -0.39 is 0 Å². The Balaban J connectivity index is 1.34. The molecule has 0 radical (unpaired) electrons. The predicted octanol–water partition coefficient (Wildman–Crippen LogP) is 1.98. The SMILES string of the molecule is O=C(CCc1cn[nH]c1)N1CC[C@@]2(CCCN(CC3CCC3)C2=O)C1. The van der Waals surface area contributed by atoms with E-state index in [4.69, 9.17) is 0 Å². The lowest BCUT2D eigenvalue weighted by Gasteiger charge is -2.42. The highest BCUT2D eigenvalue weighted by Gasteiger charge is 2.49. The van der Waals surface area contributed by atoms with E-state index in [0.717, 1.165) is 44.5 Å². The van der Waals surface area contributed by atoms with E-state index in [2.05, 4.69) is 15.1 Å². The molecule has 2 amide bonds. The van der Waals surface area contributed by atoms with E-state index in [1.165, 1.54) is 19.3 Å². The lowest BCUT2D eigenvalue weighted by Crippen LogP contribution is -2.52. The van der Waals surface area contributed by atoms with Crippen LogP contribution in [0.3, 0.4) is 0 Å². The number of aromatic nitrogens is 2. The van der Waals surface area contributed by atoms with Crippen molar-refractivity contribution < 1.29 is 9.59 Å². The maximum Gasteiger partial charge on any atom is 0.230 e. The van der Waals surface area contributed by atoms with Crippen molar-refractivity contribution in [2.75, 3.05) is 26.2 Å². The summed E-state index contributed by atoms with van der Waals surface area (Å²) in [6, 6.07) is 0. The minimum Gasteiger partial charge on any atom is -0.342 e. The van der Waals surface area contributed by atoms with E-state index in [-0.39, 0.29) is 11.3 Å². The highest BCUT2D eigenvalue weighted by molar-refractivity contribution is 5.86. The largest absolute Gasteiger partial charge is 0.342 e. The number of nitrogens with one attached hydrogen (secondary N) is 1. The molecular formula is C19H28N4O2. The molecule has 136 valence electrons. The van der Waals surface area contributed by atoms with Crippen LogP contribution in [0.2, 0.25) is 0 Å². The first-order valence-corrected chi connectivity index (χ1v) is 9.71. The first kappa shape index (κ1) is 16.6. The fraction of sp³-hybridized carbons (Fsp3) is 0.737. The molecule has 1 N–H and O–H groups in total. The quantitative estimate of drug-likeness (QED) is 0.888. The first-order chi connectivity index (χ1) is 12.2. The molecule has 1 atom stereocenters. The van der Waals surface area contributed by atoms with Crippen molar-refractivity contribution in [1.82, 2.24) is 20.0 Å². The summed E-state index contributed by atoms with van der Waals surface area (Å²) in [6.45, 7) is 3.20. The summed E-state index contributed by atoms with van der Waals surface area (Å²) in [6.07, 6.45) is 11.5. The fourth-order valence-corrected chi connectivity index (χ4v) is 4.60. The summed E-state index contributed by atoms with van der Waals surface area (Å²) in [5.41, 5.74) is 0.760. The van der Waals surface area contributed by atoms with Gasteiger partial charge in [-0.25, -0.2) is 0 Å². The molecule has 4 rings (SSSR count). The van der Waals surface area contributed by atoms with Crippen LogP contribution in [-0.4, -0.2) is 58.0 Å². The second-order valence-electron chi connectivity index (χ2n) is 8.10. The Labute approximate surface area is 148 Å². The molecule has 6 nitrogen and oxygen atoms in total. The molecule has 1 aromatic heterocycles. The number of hydrogen-bond acceptors (Lipinski definition) is 3. The smallest absolute Gasteiger partial charge is 0.230 e. The number of likely N-dealkylation sites (tertiary alicyclic amines) is 2. The second kappa shape index (κ2) is 6.81. The first-order valence-electron chi connectivity index (χ1n) is 9.71. The number of rotatable bonds is 5. The molecule has 2 saturated heterocycles. The van der Waals surface area contributed by atoms with Gasteiger partial charge in [0.15, 0.2) is 0 Å². The van der Waals surface area contributed by atoms with Crippen molar-refractivity contribution in [3.63, 3.8) is 0 Å². The minimum atomic E-state index is -0.298. The van der Waals surface area contributed by atoms with Gasteiger partial charge in [0.1, 0.15) is 0 Å². The molecule has 25 heavy (non-hydrogen) atoms. The van der Waals surface area contributed by atoms with Gasteiger partial charge in [0.25, 0.3) is 0 Å². The third-order valence-electron chi connectivity index (χ3n) is 6.42. The highest BCUT2D eigenvalue weighted by Crippen LogP contribution is 2.41. The molecule has 1 aliphatic carbocycles.